The number of thiol groups is 2. The third-order valence-electron chi connectivity index (χ3n) is 1.73. The summed E-state index contributed by atoms with van der Waals surface area (Å²) < 4.78 is 35.2. The maximum atomic E-state index is 9.10. The van der Waals surface area contributed by atoms with Crippen molar-refractivity contribution in [2.24, 2.45) is 0 Å². The first-order valence-electron chi connectivity index (χ1n) is 6.08. The van der Waals surface area contributed by atoms with E-state index in [9.17, 15) is 0 Å². The maximum Gasteiger partial charge on any atom is 0.500 e. The Bertz CT molecular complexity index is 226. The Hall–Kier alpha value is 0.614. The predicted octanol–water partition coefficient (Wildman–Crippen LogP) is 0.233. The number of rotatable bonds is 9. The van der Waals surface area contributed by atoms with Crippen LogP contribution in [-0.4, -0.2) is 52.2 Å². The molecule has 0 aliphatic heterocycles. The van der Waals surface area contributed by atoms with Crippen LogP contribution in [0.15, 0.2) is 0 Å². The number of hydrogen-bond donors (Lipinski definition) is 2. The average Bonchev–Trinajstić information content (AvgIpc) is 2.27. The van der Waals surface area contributed by atoms with Crippen LogP contribution in [0.1, 0.15) is 27.2 Å². The summed E-state index contributed by atoms with van der Waals surface area (Å²) in [6.45, 7) is 7.87. The topological polar surface area (TPSA) is 61.8 Å². The van der Waals surface area contributed by atoms with E-state index in [1.807, 2.05) is 20.8 Å². The van der Waals surface area contributed by atoms with Gasteiger partial charge in [0.15, 0.2) is 0 Å². The zero-order chi connectivity index (χ0) is 14.4. The Morgan fingerprint density at radius 3 is 1.61 bits per heavy atom. The second kappa shape index (κ2) is 14.0. The molecule has 0 N–H and O–H groups in total. The fourth-order valence-electron chi connectivity index (χ4n) is 1.30. The minimum atomic E-state index is -2.37. The molecule has 0 aromatic heterocycles. The van der Waals surface area contributed by atoms with Crippen LogP contribution in [0.3, 0.4) is 0 Å². The van der Waals surface area contributed by atoms with Crippen LogP contribution in [0.4, 0.5) is 0 Å². The highest BCUT2D eigenvalue weighted by atomic mass is 32.4. The molecule has 0 aromatic rings. The fraction of sp³-hybridized carbons (Fsp3) is 1.00. The van der Waals surface area contributed by atoms with Crippen molar-refractivity contribution >= 4 is 41.0 Å². The summed E-state index contributed by atoms with van der Waals surface area (Å²) in [5, 5.41) is 0. The second-order valence-corrected chi connectivity index (χ2v) is 9.50. The van der Waals surface area contributed by atoms with Crippen LogP contribution in [0.5, 0.6) is 0 Å². The van der Waals surface area contributed by atoms with E-state index in [0.29, 0.717) is 29.2 Å². The Morgan fingerprint density at radius 2 is 1.39 bits per heavy atom. The van der Waals surface area contributed by atoms with Gasteiger partial charge in [-0.05, 0) is 32.9 Å². The first-order valence-corrected chi connectivity index (χ1v) is 13.0. The van der Waals surface area contributed by atoms with E-state index in [-0.39, 0.29) is 0 Å². The van der Waals surface area contributed by atoms with Crippen LogP contribution in [0, 0.1) is 0 Å². The molecule has 18 heavy (non-hydrogen) atoms. The molecular weight excluding hydrogens is 308 g/mol. The van der Waals surface area contributed by atoms with Crippen molar-refractivity contribution in [1.29, 1.82) is 0 Å². The SMILES string of the molecule is CCO[Si](CCCS)(OCC)OCC.O=[SH](=O)[SiH3]. The van der Waals surface area contributed by atoms with Crippen molar-refractivity contribution < 1.29 is 21.7 Å². The monoisotopic (exact) mass is 334 g/mol. The highest BCUT2D eigenvalue weighted by Gasteiger charge is 2.39. The van der Waals surface area contributed by atoms with E-state index in [2.05, 4.69) is 12.6 Å². The molecule has 0 unspecified atom stereocenters. The molecule has 0 spiro atoms. The summed E-state index contributed by atoms with van der Waals surface area (Å²) >= 11 is 4.19. The van der Waals surface area contributed by atoms with Gasteiger partial charge in [0, 0.05) is 25.9 Å². The van der Waals surface area contributed by atoms with Crippen LogP contribution >= 0.6 is 12.6 Å². The molecule has 5 nitrogen and oxygen atoms in total. The smallest absolute Gasteiger partial charge is 0.374 e. The molecule has 0 fully saturated rings. The zero-order valence-corrected chi connectivity index (χ0v) is 16.5. The van der Waals surface area contributed by atoms with E-state index < -0.39 is 19.0 Å². The van der Waals surface area contributed by atoms with Crippen molar-refractivity contribution in [2.75, 3.05) is 25.6 Å². The Labute approximate surface area is 121 Å². The molecule has 0 amide bonds. The molecule has 0 atom stereocenters. The van der Waals surface area contributed by atoms with E-state index in [4.69, 9.17) is 21.7 Å². The standard InChI is InChI=1S/C9H22O3SSi.H4O2SSi/c1-4-10-14(11-5-2,12-6-3)9-7-8-13;1-3(2)4/h13H,4-9H2,1-3H3;3H,4H3. The Kier molecular flexibility index (Phi) is 16.3. The molecule has 0 heterocycles. The van der Waals surface area contributed by atoms with E-state index >= 15 is 0 Å². The van der Waals surface area contributed by atoms with Crippen molar-refractivity contribution in [3.05, 3.63) is 0 Å². The van der Waals surface area contributed by atoms with Crippen LogP contribution in [-0.2, 0) is 23.4 Å². The van der Waals surface area contributed by atoms with Crippen molar-refractivity contribution in [3.8, 4) is 0 Å². The van der Waals surface area contributed by atoms with Gasteiger partial charge in [-0.25, -0.2) is 8.42 Å². The quantitative estimate of drug-likeness (QED) is 0.467. The minimum Gasteiger partial charge on any atom is -0.374 e. The van der Waals surface area contributed by atoms with Crippen LogP contribution in [0.25, 0.3) is 0 Å². The lowest BCUT2D eigenvalue weighted by Crippen LogP contribution is -2.46. The van der Waals surface area contributed by atoms with Crippen LogP contribution in [0.2, 0.25) is 6.04 Å². The van der Waals surface area contributed by atoms with Crippen molar-refractivity contribution in [1.82, 2.24) is 0 Å². The third kappa shape index (κ3) is 13.1. The van der Waals surface area contributed by atoms with E-state index in [1.165, 1.54) is 0 Å². The molecule has 0 radical (unpaired) electrons. The molecule has 0 aliphatic carbocycles. The first kappa shape index (κ1) is 20.9. The van der Waals surface area contributed by atoms with Crippen molar-refractivity contribution in [2.45, 2.75) is 33.2 Å². The van der Waals surface area contributed by atoms with Gasteiger partial charge in [-0.1, -0.05) is 0 Å². The highest BCUT2D eigenvalue weighted by molar-refractivity contribution is 7.96. The summed E-state index contributed by atoms with van der Waals surface area (Å²) in [7, 11) is -4.04. The largest absolute Gasteiger partial charge is 0.500 e. The molecule has 0 saturated heterocycles. The highest BCUT2D eigenvalue weighted by Crippen LogP contribution is 2.18. The lowest BCUT2D eigenvalue weighted by molar-refractivity contribution is 0.0712. The molecule has 112 valence electrons. The summed E-state index contributed by atoms with van der Waals surface area (Å²) in [4.78, 5) is 0. The summed E-state index contributed by atoms with van der Waals surface area (Å²) in [6.07, 6.45) is 0.981. The molecule has 0 saturated carbocycles. The van der Waals surface area contributed by atoms with E-state index in [0.717, 1.165) is 18.2 Å². The lowest BCUT2D eigenvalue weighted by Gasteiger charge is -2.28. The molecule has 0 aliphatic rings. The van der Waals surface area contributed by atoms with Gasteiger partial charge in [0.05, 0.1) is 0 Å². The van der Waals surface area contributed by atoms with Gasteiger partial charge < -0.3 is 13.3 Å². The van der Waals surface area contributed by atoms with Gasteiger partial charge in [0.1, 0.15) is 19.5 Å². The van der Waals surface area contributed by atoms with Gasteiger partial charge in [-0.2, -0.15) is 12.6 Å². The molecule has 0 rings (SSSR count). The predicted molar refractivity (Wildman–Crippen MR) is 84.2 cm³/mol. The fourth-order valence-corrected chi connectivity index (χ4v) is 4.36. The molecule has 9 heteroatoms. The lowest BCUT2D eigenvalue weighted by atomic mass is 10.6. The van der Waals surface area contributed by atoms with Crippen molar-refractivity contribution in [3.63, 3.8) is 0 Å². The van der Waals surface area contributed by atoms with Gasteiger partial charge in [0.2, 0.25) is 0 Å². The Morgan fingerprint density at radius 1 is 1.06 bits per heavy atom. The summed E-state index contributed by atoms with van der Waals surface area (Å²) in [5.74, 6) is 0.849. The normalized spacial score (nSPS) is 11.4. The third-order valence-corrected chi connectivity index (χ3v) is 5.20. The second-order valence-electron chi connectivity index (χ2n) is 3.25. The average molecular weight is 335 g/mol. The van der Waals surface area contributed by atoms with E-state index in [1.54, 1.807) is 0 Å². The van der Waals surface area contributed by atoms with Gasteiger partial charge in [-0.15, -0.1) is 0 Å². The zero-order valence-electron chi connectivity index (χ0n) is 11.7. The number of hydrogen-bond acceptors (Lipinski definition) is 6. The molecule has 0 bridgehead atoms. The maximum absolute atomic E-state index is 9.10. The van der Waals surface area contributed by atoms with Crippen LogP contribution < -0.4 is 0 Å². The van der Waals surface area contributed by atoms with Gasteiger partial charge in [-0.3, -0.25) is 0 Å². The Balaban J connectivity index is 0. The summed E-state index contributed by atoms with van der Waals surface area (Å²) in [5.41, 5.74) is 0. The summed E-state index contributed by atoms with van der Waals surface area (Å²) in [6, 6.07) is 0.867. The minimum absolute atomic E-state index is 0.302. The van der Waals surface area contributed by atoms with Gasteiger partial charge in [0.25, 0.3) is 0 Å². The first-order chi connectivity index (χ1) is 8.47. The molecule has 0 aromatic carbocycles. The molecular formula is C9H26O5S2Si2. The van der Waals surface area contributed by atoms with Gasteiger partial charge >= 0.3 is 8.80 Å².